The Balaban J connectivity index is 2.31. The Labute approximate surface area is 109 Å². The van der Waals surface area contributed by atoms with Gasteiger partial charge < -0.3 is 4.74 Å². The molecule has 19 heavy (non-hydrogen) atoms. The Hall–Kier alpha value is -1.98. The van der Waals surface area contributed by atoms with Crippen LogP contribution in [0.25, 0.3) is 0 Å². The van der Waals surface area contributed by atoms with Gasteiger partial charge in [0.1, 0.15) is 6.04 Å². The molecular formula is C13H13F2NO3. The fourth-order valence-corrected chi connectivity index (χ4v) is 2.10. The largest absolute Gasteiger partial charge is 0.464 e. The van der Waals surface area contributed by atoms with Crippen LogP contribution in [0, 0.1) is 11.6 Å². The van der Waals surface area contributed by atoms with Gasteiger partial charge in [0.2, 0.25) is 5.91 Å². The Morgan fingerprint density at radius 3 is 2.79 bits per heavy atom. The average molecular weight is 269 g/mol. The predicted molar refractivity (Wildman–Crippen MR) is 63.5 cm³/mol. The van der Waals surface area contributed by atoms with Crippen LogP contribution in [0.2, 0.25) is 0 Å². The summed E-state index contributed by atoms with van der Waals surface area (Å²) in [6.07, 6.45) is 0.499. The van der Waals surface area contributed by atoms with Gasteiger partial charge in [-0.1, -0.05) is 0 Å². The van der Waals surface area contributed by atoms with Gasteiger partial charge in [-0.15, -0.1) is 0 Å². The number of hydrogen-bond donors (Lipinski definition) is 0. The summed E-state index contributed by atoms with van der Waals surface area (Å²) in [7, 11) is 0. The topological polar surface area (TPSA) is 46.6 Å². The number of carbonyl (C=O) groups excluding carboxylic acids is 2. The number of esters is 1. The van der Waals surface area contributed by atoms with Gasteiger partial charge in [-0.05, 0) is 25.5 Å². The van der Waals surface area contributed by atoms with Gasteiger partial charge in [-0.25, -0.2) is 13.6 Å². The molecule has 0 spiro atoms. The molecule has 0 aliphatic carbocycles. The number of rotatable bonds is 3. The first-order chi connectivity index (χ1) is 9.04. The van der Waals surface area contributed by atoms with E-state index in [0.717, 1.165) is 12.1 Å². The maximum atomic E-state index is 13.2. The number of carbonyl (C=O) groups is 2. The first-order valence-corrected chi connectivity index (χ1v) is 5.98. The third kappa shape index (κ3) is 2.57. The van der Waals surface area contributed by atoms with Crippen molar-refractivity contribution in [2.75, 3.05) is 11.5 Å². The molecule has 0 aromatic heterocycles. The molecule has 1 unspecified atom stereocenters. The van der Waals surface area contributed by atoms with Gasteiger partial charge in [0, 0.05) is 18.2 Å². The zero-order valence-electron chi connectivity index (χ0n) is 10.4. The minimum atomic E-state index is -1.06. The molecule has 1 amide bonds. The number of ether oxygens (including phenoxy) is 1. The van der Waals surface area contributed by atoms with Gasteiger partial charge in [0.05, 0.1) is 6.61 Å². The van der Waals surface area contributed by atoms with Gasteiger partial charge in [-0.3, -0.25) is 9.69 Å². The Morgan fingerprint density at radius 2 is 2.16 bits per heavy atom. The highest BCUT2D eigenvalue weighted by atomic mass is 19.2. The van der Waals surface area contributed by atoms with E-state index in [2.05, 4.69) is 0 Å². The second kappa shape index (κ2) is 5.34. The van der Waals surface area contributed by atoms with E-state index in [0.29, 0.717) is 6.42 Å². The van der Waals surface area contributed by atoms with Crippen molar-refractivity contribution < 1.29 is 23.1 Å². The molecule has 2 rings (SSSR count). The van der Waals surface area contributed by atoms with Gasteiger partial charge in [0.15, 0.2) is 11.6 Å². The maximum absolute atomic E-state index is 13.2. The van der Waals surface area contributed by atoms with Crippen LogP contribution >= 0.6 is 0 Å². The molecular weight excluding hydrogens is 256 g/mol. The van der Waals surface area contributed by atoms with Crippen LogP contribution < -0.4 is 4.90 Å². The van der Waals surface area contributed by atoms with Crippen molar-refractivity contribution in [2.45, 2.75) is 25.8 Å². The molecule has 0 saturated carbocycles. The first kappa shape index (κ1) is 13.5. The van der Waals surface area contributed by atoms with E-state index in [1.165, 1.54) is 11.0 Å². The van der Waals surface area contributed by atoms with Crippen molar-refractivity contribution in [3.05, 3.63) is 29.8 Å². The van der Waals surface area contributed by atoms with Gasteiger partial charge in [0.25, 0.3) is 0 Å². The molecule has 1 aliphatic rings. The van der Waals surface area contributed by atoms with Crippen LogP contribution in [-0.2, 0) is 14.3 Å². The molecule has 1 fully saturated rings. The van der Waals surface area contributed by atoms with Crippen molar-refractivity contribution in [3.8, 4) is 0 Å². The molecule has 102 valence electrons. The minimum absolute atomic E-state index is 0.166. The average Bonchev–Trinajstić information content (AvgIpc) is 2.75. The van der Waals surface area contributed by atoms with Crippen LogP contribution in [0.4, 0.5) is 14.5 Å². The zero-order chi connectivity index (χ0) is 14.0. The molecule has 1 aliphatic heterocycles. The van der Waals surface area contributed by atoms with E-state index >= 15 is 0 Å². The number of hydrogen-bond acceptors (Lipinski definition) is 3. The summed E-state index contributed by atoms with van der Waals surface area (Å²) in [5, 5.41) is 0. The first-order valence-electron chi connectivity index (χ1n) is 5.98. The van der Waals surface area contributed by atoms with E-state index in [9.17, 15) is 18.4 Å². The monoisotopic (exact) mass is 269 g/mol. The van der Waals surface area contributed by atoms with Gasteiger partial charge in [-0.2, -0.15) is 0 Å². The SMILES string of the molecule is CCOC(=O)C1CCC(=O)N1c1ccc(F)c(F)c1. The third-order valence-electron chi connectivity index (χ3n) is 2.95. The molecule has 1 heterocycles. The predicted octanol–water partition coefficient (Wildman–Crippen LogP) is 2.02. The van der Waals surface area contributed by atoms with Crippen LogP contribution in [0.15, 0.2) is 18.2 Å². The van der Waals surface area contributed by atoms with Crippen LogP contribution in [0.1, 0.15) is 19.8 Å². The lowest BCUT2D eigenvalue weighted by atomic mass is 10.2. The number of nitrogens with zero attached hydrogens (tertiary/aromatic N) is 1. The summed E-state index contributed by atoms with van der Waals surface area (Å²) in [6, 6.07) is 2.34. The quantitative estimate of drug-likeness (QED) is 0.789. The Morgan fingerprint density at radius 1 is 1.42 bits per heavy atom. The summed E-state index contributed by atoms with van der Waals surface area (Å²) in [4.78, 5) is 24.7. The van der Waals surface area contributed by atoms with Crippen molar-refractivity contribution in [1.82, 2.24) is 0 Å². The summed E-state index contributed by atoms with van der Waals surface area (Å²) in [6.45, 7) is 1.87. The van der Waals surface area contributed by atoms with E-state index in [1.54, 1.807) is 6.92 Å². The molecule has 1 atom stereocenters. The molecule has 0 radical (unpaired) electrons. The highest BCUT2D eigenvalue weighted by molar-refractivity contribution is 6.02. The van der Waals surface area contributed by atoms with E-state index < -0.39 is 23.6 Å². The number of anilines is 1. The van der Waals surface area contributed by atoms with E-state index in [1.807, 2.05) is 0 Å². The van der Waals surface area contributed by atoms with E-state index in [4.69, 9.17) is 4.74 Å². The summed E-state index contributed by atoms with van der Waals surface area (Å²) >= 11 is 0. The molecule has 0 N–H and O–H groups in total. The molecule has 1 aromatic carbocycles. The number of halogens is 2. The fourth-order valence-electron chi connectivity index (χ4n) is 2.10. The molecule has 1 aromatic rings. The lowest BCUT2D eigenvalue weighted by Gasteiger charge is -2.23. The number of benzene rings is 1. The molecule has 4 nitrogen and oxygen atoms in total. The molecule has 6 heteroatoms. The maximum Gasteiger partial charge on any atom is 0.329 e. The smallest absolute Gasteiger partial charge is 0.329 e. The minimum Gasteiger partial charge on any atom is -0.464 e. The normalized spacial score (nSPS) is 18.8. The standard InChI is InChI=1S/C13H13F2NO3/c1-2-19-13(18)11-5-6-12(17)16(11)8-3-4-9(14)10(15)7-8/h3-4,7,11H,2,5-6H2,1H3. The van der Waals surface area contributed by atoms with Crippen molar-refractivity contribution in [1.29, 1.82) is 0 Å². The van der Waals surface area contributed by atoms with E-state index in [-0.39, 0.29) is 24.6 Å². The lowest BCUT2D eigenvalue weighted by molar-refractivity contribution is -0.144. The fraction of sp³-hybridized carbons (Fsp3) is 0.385. The van der Waals surface area contributed by atoms with Crippen LogP contribution in [0.5, 0.6) is 0 Å². The number of amides is 1. The highest BCUT2D eigenvalue weighted by Gasteiger charge is 2.38. The summed E-state index contributed by atoms with van der Waals surface area (Å²) in [5.41, 5.74) is 0.166. The third-order valence-corrected chi connectivity index (χ3v) is 2.95. The molecule has 1 saturated heterocycles. The second-order valence-electron chi connectivity index (χ2n) is 4.17. The Bertz CT molecular complexity index is 519. The van der Waals surface area contributed by atoms with Crippen LogP contribution in [0.3, 0.4) is 0 Å². The highest BCUT2D eigenvalue weighted by Crippen LogP contribution is 2.28. The lowest BCUT2D eigenvalue weighted by Crippen LogP contribution is -2.39. The van der Waals surface area contributed by atoms with Crippen molar-refractivity contribution in [3.63, 3.8) is 0 Å². The molecule has 0 bridgehead atoms. The van der Waals surface area contributed by atoms with Crippen molar-refractivity contribution in [2.24, 2.45) is 0 Å². The van der Waals surface area contributed by atoms with Crippen molar-refractivity contribution >= 4 is 17.6 Å². The zero-order valence-corrected chi connectivity index (χ0v) is 10.4. The van der Waals surface area contributed by atoms with Gasteiger partial charge >= 0.3 is 5.97 Å². The summed E-state index contributed by atoms with van der Waals surface area (Å²) < 4.78 is 31.0. The second-order valence-corrected chi connectivity index (χ2v) is 4.17. The van der Waals surface area contributed by atoms with Crippen LogP contribution in [-0.4, -0.2) is 24.5 Å². The Kier molecular flexibility index (Phi) is 3.78. The summed E-state index contributed by atoms with van der Waals surface area (Å²) in [5.74, 6) is -2.88.